The molecule has 1 atom stereocenters. The number of halogens is 2. The third kappa shape index (κ3) is 4.91. The maximum atomic E-state index is 13.5. The first-order chi connectivity index (χ1) is 18.3. The van der Waals surface area contributed by atoms with E-state index < -0.39 is 5.92 Å². The number of nitriles is 1. The molecule has 7 heteroatoms. The lowest BCUT2D eigenvalue weighted by Gasteiger charge is -2.40. The van der Waals surface area contributed by atoms with Crippen molar-refractivity contribution in [2.45, 2.75) is 45.6 Å². The van der Waals surface area contributed by atoms with E-state index in [1.807, 2.05) is 67.3 Å². The first kappa shape index (κ1) is 26.3. The van der Waals surface area contributed by atoms with Crippen LogP contribution in [0.2, 0.25) is 0 Å². The predicted octanol–water partition coefficient (Wildman–Crippen LogP) is 7.71. The molecule has 1 aliphatic carbocycles. The molecule has 2 aliphatic rings. The summed E-state index contributed by atoms with van der Waals surface area (Å²) in [5.41, 5.74) is 13.5. The quantitative estimate of drug-likeness (QED) is 0.312. The van der Waals surface area contributed by atoms with E-state index >= 15 is 0 Å². The number of ether oxygens (including phenoxy) is 1. The first-order valence-electron chi connectivity index (χ1n) is 12.5. The van der Waals surface area contributed by atoms with E-state index in [2.05, 4.69) is 50.1 Å². The van der Waals surface area contributed by atoms with Gasteiger partial charge in [0.1, 0.15) is 18.2 Å². The van der Waals surface area contributed by atoms with Crippen molar-refractivity contribution in [3.63, 3.8) is 0 Å². The van der Waals surface area contributed by atoms with Crippen LogP contribution in [0.5, 0.6) is 5.75 Å². The Hall–Kier alpha value is -3.34. The van der Waals surface area contributed by atoms with Gasteiger partial charge in [0.2, 0.25) is 0 Å². The standard InChI is InChI=1S/C31H27Br2N3O2/c1-18-13-20(17-38-24-11-9-21(32)10-12-24)19(2)25(14-18)29-26(16-34)31(35)36(23-6-3-5-22(33)15-23)27-7-4-8-28(37)30(27)29/h3,5-6,9-15,29H,4,7-8,17,35H2,1-2H3. The third-order valence-corrected chi connectivity index (χ3v) is 8.22. The summed E-state index contributed by atoms with van der Waals surface area (Å²) in [6, 6.07) is 22.1. The maximum absolute atomic E-state index is 13.5. The first-order valence-corrected chi connectivity index (χ1v) is 14.1. The topological polar surface area (TPSA) is 79.3 Å². The van der Waals surface area contributed by atoms with Crippen molar-refractivity contribution in [3.8, 4) is 11.8 Å². The zero-order valence-electron chi connectivity index (χ0n) is 21.2. The van der Waals surface area contributed by atoms with Crippen LogP contribution in [0.4, 0.5) is 5.69 Å². The number of nitrogens with two attached hydrogens (primary N) is 1. The molecule has 0 amide bonds. The van der Waals surface area contributed by atoms with Crippen LogP contribution in [0.15, 0.2) is 92.3 Å². The van der Waals surface area contributed by atoms with E-state index in [1.165, 1.54) is 0 Å². The molecule has 5 rings (SSSR count). The summed E-state index contributed by atoms with van der Waals surface area (Å²) in [4.78, 5) is 15.4. The van der Waals surface area contributed by atoms with Gasteiger partial charge in [-0.15, -0.1) is 0 Å². The van der Waals surface area contributed by atoms with Gasteiger partial charge in [-0.25, -0.2) is 0 Å². The van der Waals surface area contributed by atoms with Gasteiger partial charge < -0.3 is 10.5 Å². The Bertz CT molecular complexity index is 1530. The summed E-state index contributed by atoms with van der Waals surface area (Å²) < 4.78 is 7.99. The second kappa shape index (κ2) is 10.8. The van der Waals surface area contributed by atoms with E-state index in [1.54, 1.807) is 0 Å². The number of carbonyl (C=O) groups is 1. The third-order valence-electron chi connectivity index (χ3n) is 7.20. The highest BCUT2D eigenvalue weighted by Crippen LogP contribution is 2.47. The van der Waals surface area contributed by atoms with Gasteiger partial charge in [0.05, 0.1) is 17.6 Å². The van der Waals surface area contributed by atoms with E-state index in [0.29, 0.717) is 36.4 Å². The molecule has 0 radical (unpaired) electrons. The van der Waals surface area contributed by atoms with Crippen molar-refractivity contribution in [1.82, 2.24) is 0 Å². The highest BCUT2D eigenvalue weighted by Gasteiger charge is 2.41. The molecule has 1 unspecified atom stereocenters. The molecule has 0 aromatic heterocycles. The highest BCUT2D eigenvalue weighted by atomic mass is 79.9. The van der Waals surface area contributed by atoms with Crippen molar-refractivity contribution >= 4 is 43.3 Å². The van der Waals surface area contributed by atoms with Crippen molar-refractivity contribution in [3.05, 3.63) is 115 Å². The van der Waals surface area contributed by atoms with E-state index in [9.17, 15) is 10.1 Å². The van der Waals surface area contributed by atoms with Crippen molar-refractivity contribution in [1.29, 1.82) is 5.26 Å². The van der Waals surface area contributed by atoms with Gasteiger partial charge in [0, 0.05) is 32.3 Å². The predicted molar refractivity (Wildman–Crippen MR) is 156 cm³/mol. The second-order valence-corrected chi connectivity index (χ2v) is 11.5. The number of rotatable bonds is 5. The zero-order chi connectivity index (χ0) is 27.0. The summed E-state index contributed by atoms with van der Waals surface area (Å²) >= 11 is 7.00. The van der Waals surface area contributed by atoms with Crippen LogP contribution in [0, 0.1) is 25.2 Å². The average molecular weight is 633 g/mol. The Kier molecular flexibility index (Phi) is 7.47. The van der Waals surface area contributed by atoms with Gasteiger partial charge >= 0.3 is 0 Å². The number of hydrogen-bond acceptors (Lipinski definition) is 5. The minimum atomic E-state index is -0.516. The molecule has 192 valence electrons. The normalized spacial score (nSPS) is 17.4. The van der Waals surface area contributed by atoms with Crippen LogP contribution in [-0.2, 0) is 11.4 Å². The fraction of sp³-hybridized carbons (Fsp3) is 0.226. The van der Waals surface area contributed by atoms with Crippen LogP contribution in [0.25, 0.3) is 0 Å². The van der Waals surface area contributed by atoms with E-state index in [0.717, 1.165) is 54.8 Å². The summed E-state index contributed by atoms with van der Waals surface area (Å²) in [6.07, 6.45) is 1.93. The molecule has 0 saturated carbocycles. The summed E-state index contributed by atoms with van der Waals surface area (Å²) in [5.74, 6) is 0.701. The van der Waals surface area contributed by atoms with Crippen LogP contribution < -0.4 is 15.4 Å². The molecule has 5 nitrogen and oxygen atoms in total. The average Bonchev–Trinajstić information content (AvgIpc) is 2.89. The molecular weight excluding hydrogens is 606 g/mol. The Morgan fingerprint density at radius 1 is 1.05 bits per heavy atom. The number of anilines is 1. The van der Waals surface area contributed by atoms with Crippen LogP contribution in [0.1, 0.15) is 47.4 Å². The van der Waals surface area contributed by atoms with Crippen molar-refractivity contribution < 1.29 is 9.53 Å². The van der Waals surface area contributed by atoms with Gasteiger partial charge in [-0.2, -0.15) is 5.26 Å². The number of nitrogens with zero attached hydrogens (tertiary/aromatic N) is 2. The van der Waals surface area contributed by atoms with Crippen LogP contribution in [-0.4, -0.2) is 5.78 Å². The molecule has 0 fully saturated rings. The highest BCUT2D eigenvalue weighted by molar-refractivity contribution is 9.10. The zero-order valence-corrected chi connectivity index (χ0v) is 24.4. The molecule has 2 N–H and O–H groups in total. The lowest BCUT2D eigenvalue weighted by Crippen LogP contribution is -2.39. The monoisotopic (exact) mass is 631 g/mol. The Morgan fingerprint density at radius 2 is 1.82 bits per heavy atom. The van der Waals surface area contributed by atoms with Gasteiger partial charge in [-0.3, -0.25) is 9.69 Å². The Morgan fingerprint density at radius 3 is 2.53 bits per heavy atom. The lowest BCUT2D eigenvalue weighted by molar-refractivity contribution is -0.116. The SMILES string of the molecule is Cc1cc(COc2ccc(Br)cc2)c(C)c(C2C(C#N)=C(N)N(c3cccc(Br)c3)C3=C2C(=O)CCC3)c1. The largest absolute Gasteiger partial charge is 0.489 e. The van der Waals surface area contributed by atoms with Gasteiger partial charge in [0.25, 0.3) is 0 Å². The Labute approximate surface area is 239 Å². The Balaban J connectivity index is 1.63. The fourth-order valence-electron chi connectivity index (χ4n) is 5.41. The summed E-state index contributed by atoms with van der Waals surface area (Å²) in [6.45, 7) is 4.44. The number of aryl methyl sites for hydroxylation is 1. The lowest BCUT2D eigenvalue weighted by atomic mass is 9.73. The molecule has 0 spiro atoms. The van der Waals surface area contributed by atoms with Gasteiger partial charge in [0.15, 0.2) is 5.78 Å². The van der Waals surface area contributed by atoms with Crippen molar-refractivity contribution in [2.24, 2.45) is 5.73 Å². The summed E-state index contributed by atoms with van der Waals surface area (Å²) in [5, 5.41) is 10.4. The number of benzene rings is 3. The molecule has 3 aromatic carbocycles. The second-order valence-electron chi connectivity index (χ2n) is 9.68. The molecule has 0 saturated heterocycles. The smallest absolute Gasteiger partial charge is 0.161 e. The van der Waals surface area contributed by atoms with Gasteiger partial charge in [-0.05, 0) is 85.8 Å². The number of hydrogen-bond donors (Lipinski definition) is 1. The van der Waals surface area contributed by atoms with Crippen LogP contribution >= 0.6 is 31.9 Å². The summed E-state index contributed by atoms with van der Waals surface area (Å²) in [7, 11) is 0. The fourth-order valence-corrected chi connectivity index (χ4v) is 6.06. The molecular formula is C31H27Br2N3O2. The molecule has 1 heterocycles. The number of carbonyl (C=O) groups excluding carboxylic acids is 1. The molecule has 3 aromatic rings. The molecule has 0 bridgehead atoms. The number of Topliss-reactive ketones (excluding diaryl/α,β-unsaturated/α-hetero) is 1. The number of allylic oxidation sites excluding steroid dienone is 3. The molecule has 38 heavy (non-hydrogen) atoms. The minimum absolute atomic E-state index is 0.0741. The van der Waals surface area contributed by atoms with Crippen molar-refractivity contribution in [2.75, 3.05) is 4.90 Å². The molecule has 1 aliphatic heterocycles. The van der Waals surface area contributed by atoms with E-state index in [4.69, 9.17) is 10.5 Å². The minimum Gasteiger partial charge on any atom is -0.489 e. The van der Waals surface area contributed by atoms with Gasteiger partial charge in [-0.1, -0.05) is 55.6 Å². The number of ketones is 1. The van der Waals surface area contributed by atoms with E-state index in [-0.39, 0.29) is 5.78 Å². The van der Waals surface area contributed by atoms with Crippen LogP contribution in [0.3, 0.4) is 0 Å². The maximum Gasteiger partial charge on any atom is 0.161 e.